The Morgan fingerprint density at radius 2 is 2.05 bits per heavy atom. The zero-order valence-electron chi connectivity index (χ0n) is 10.6. The van der Waals surface area contributed by atoms with Gasteiger partial charge >= 0.3 is 12.3 Å². The summed E-state index contributed by atoms with van der Waals surface area (Å²) in [6.07, 6.45) is -5.28. The molecule has 0 radical (unpaired) electrons. The highest BCUT2D eigenvalue weighted by atomic mass is 79.9. The van der Waals surface area contributed by atoms with Crippen molar-refractivity contribution < 1.29 is 32.2 Å². The number of ether oxygens (including phenoxy) is 3. The Morgan fingerprint density at radius 3 is 2.50 bits per heavy atom. The van der Waals surface area contributed by atoms with Crippen LogP contribution in [-0.4, -0.2) is 31.5 Å². The number of rotatable bonds is 5. The van der Waals surface area contributed by atoms with Crippen molar-refractivity contribution in [1.82, 2.24) is 4.98 Å². The Labute approximate surface area is 121 Å². The number of carbonyl (C=O) groups excluding carboxylic acids is 1. The molecular formula is C11H11BrF3NO4. The Hall–Kier alpha value is -1.51. The topological polar surface area (TPSA) is 57.7 Å². The SMILES string of the molecule is COC(=O)Cc1cc(OC)nc(CBr)c1OC(F)(F)F. The molecule has 0 aliphatic rings. The summed E-state index contributed by atoms with van der Waals surface area (Å²) in [4.78, 5) is 15.1. The van der Waals surface area contributed by atoms with Gasteiger partial charge in [0.05, 0.1) is 26.3 Å². The van der Waals surface area contributed by atoms with E-state index < -0.39 is 18.1 Å². The standard InChI is InChI=1S/C11H11BrF3NO4/c1-18-8-3-6(4-9(17)19-2)10(7(5-12)16-8)20-11(13,14)15/h3H,4-5H2,1-2H3. The molecule has 0 bridgehead atoms. The smallest absolute Gasteiger partial charge is 0.481 e. The number of esters is 1. The molecule has 5 nitrogen and oxygen atoms in total. The van der Waals surface area contributed by atoms with Crippen molar-refractivity contribution in [1.29, 1.82) is 0 Å². The summed E-state index contributed by atoms with van der Waals surface area (Å²) in [5.74, 6) is -1.15. The molecule has 0 saturated heterocycles. The average Bonchev–Trinajstić information content (AvgIpc) is 2.38. The molecule has 9 heteroatoms. The number of methoxy groups -OCH3 is 2. The van der Waals surface area contributed by atoms with E-state index in [0.717, 1.165) is 7.11 Å². The zero-order chi connectivity index (χ0) is 15.3. The second kappa shape index (κ2) is 6.78. The second-order valence-electron chi connectivity index (χ2n) is 3.53. The lowest BCUT2D eigenvalue weighted by molar-refractivity contribution is -0.275. The van der Waals surface area contributed by atoms with Crippen molar-refractivity contribution >= 4 is 21.9 Å². The molecule has 1 aromatic heterocycles. The summed E-state index contributed by atoms with van der Waals surface area (Å²) in [7, 11) is 2.45. The fourth-order valence-electron chi connectivity index (χ4n) is 1.41. The maximum absolute atomic E-state index is 12.4. The van der Waals surface area contributed by atoms with Crippen molar-refractivity contribution in [3.63, 3.8) is 0 Å². The van der Waals surface area contributed by atoms with E-state index in [1.165, 1.54) is 13.2 Å². The molecule has 0 aliphatic carbocycles. The third-order valence-electron chi connectivity index (χ3n) is 2.21. The molecular weight excluding hydrogens is 347 g/mol. The fourth-order valence-corrected chi connectivity index (χ4v) is 1.79. The molecule has 0 saturated carbocycles. The van der Waals surface area contributed by atoms with E-state index in [4.69, 9.17) is 4.74 Å². The van der Waals surface area contributed by atoms with Crippen molar-refractivity contribution in [3.05, 3.63) is 17.3 Å². The first-order valence-corrected chi connectivity index (χ1v) is 6.38. The van der Waals surface area contributed by atoms with Gasteiger partial charge in [0.2, 0.25) is 5.88 Å². The van der Waals surface area contributed by atoms with Crippen molar-refractivity contribution in [2.24, 2.45) is 0 Å². The van der Waals surface area contributed by atoms with Crippen LogP contribution in [0.2, 0.25) is 0 Å². The van der Waals surface area contributed by atoms with E-state index in [1.54, 1.807) is 0 Å². The molecule has 20 heavy (non-hydrogen) atoms. The number of alkyl halides is 4. The van der Waals surface area contributed by atoms with Gasteiger partial charge in [-0.25, -0.2) is 4.98 Å². The van der Waals surface area contributed by atoms with Crippen LogP contribution in [0.4, 0.5) is 13.2 Å². The van der Waals surface area contributed by atoms with Gasteiger partial charge in [-0.1, -0.05) is 15.9 Å². The first-order valence-electron chi connectivity index (χ1n) is 5.26. The summed E-state index contributed by atoms with van der Waals surface area (Å²) in [5.41, 5.74) is -0.0453. The van der Waals surface area contributed by atoms with Gasteiger partial charge in [-0.15, -0.1) is 13.2 Å². The van der Waals surface area contributed by atoms with Gasteiger partial charge in [0.1, 0.15) is 0 Å². The van der Waals surface area contributed by atoms with Crippen LogP contribution in [0.5, 0.6) is 11.6 Å². The van der Waals surface area contributed by atoms with E-state index in [9.17, 15) is 18.0 Å². The first kappa shape index (κ1) is 16.5. The highest BCUT2D eigenvalue weighted by Crippen LogP contribution is 2.33. The molecule has 0 aliphatic heterocycles. The lowest BCUT2D eigenvalue weighted by Gasteiger charge is -2.16. The number of aromatic nitrogens is 1. The van der Waals surface area contributed by atoms with Crippen LogP contribution in [0.25, 0.3) is 0 Å². The van der Waals surface area contributed by atoms with Crippen LogP contribution < -0.4 is 9.47 Å². The van der Waals surface area contributed by atoms with Crippen molar-refractivity contribution in [3.8, 4) is 11.6 Å². The molecule has 0 fully saturated rings. The van der Waals surface area contributed by atoms with Gasteiger partial charge in [-0.3, -0.25) is 4.79 Å². The number of nitrogens with zero attached hydrogens (tertiary/aromatic N) is 1. The Balaban J connectivity index is 3.30. The monoisotopic (exact) mass is 357 g/mol. The fraction of sp³-hybridized carbons (Fsp3) is 0.455. The number of hydrogen-bond donors (Lipinski definition) is 0. The van der Waals surface area contributed by atoms with Gasteiger partial charge in [0, 0.05) is 17.0 Å². The van der Waals surface area contributed by atoms with E-state index in [2.05, 4.69) is 30.4 Å². The van der Waals surface area contributed by atoms with Crippen molar-refractivity contribution in [2.75, 3.05) is 14.2 Å². The minimum Gasteiger partial charge on any atom is -0.481 e. The molecule has 1 aromatic rings. The first-order chi connectivity index (χ1) is 9.30. The Kier molecular flexibility index (Phi) is 5.61. The Morgan fingerprint density at radius 1 is 1.40 bits per heavy atom. The third kappa shape index (κ3) is 4.55. The number of hydrogen-bond acceptors (Lipinski definition) is 5. The summed E-state index contributed by atoms with van der Waals surface area (Å²) < 4.78 is 50.5. The number of carbonyl (C=O) groups is 1. The van der Waals surface area contributed by atoms with Gasteiger partial charge in [0.25, 0.3) is 0 Å². The third-order valence-corrected chi connectivity index (χ3v) is 2.74. The van der Waals surface area contributed by atoms with Gasteiger partial charge < -0.3 is 14.2 Å². The second-order valence-corrected chi connectivity index (χ2v) is 4.09. The molecule has 0 aromatic carbocycles. The maximum Gasteiger partial charge on any atom is 0.573 e. The van der Waals surface area contributed by atoms with Crippen LogP contribution in [0, 0.1) is 0 Å². The summed E-state index contributed by atoms with van der Waals surface area (Å²) in [5, 5.41) is 0.00376. The minimum absolute atomic E-state index is 0.00376. The quantitative estimate of drug-likeness (QED) is 0.598. The molecule has 0 N–H and O–H groups in total. The predicted molar refractivity (Wildman–Crippen MR) is 65.8 cm³/mol. The molecule has 0 atom stereocenters. The summed E-state index contributed by atoms with van der Waals surface area (Å²) in [6, 6.07) is 1.20. The normalized spacial score (nSPS) is 11.1. The average molecular weight is 358 g/mol. The molecule has 112 valence electrons. The highest BCUT2D eigenvalue weighted by molar-refractivity contribution is 9.08. The molecule has 1 rings (SSSR count). The van der Waals surface area contributed by atoms with Crippen LogP contribution >= 0.6 is 15.9 Å². The van der Waals surface area contributed by atoms with Crippen LogP contribution in [0.15, 0.2) is 6.07 Å². The van der Waals surface area contributed by atoms with Gasteiger partial charge in [-0.05, 0) is 0 Å². The largest absolute Gasteiger partial charge is 0.573 e. The predicted octanol–water partition coefficient (Wildman–Crippen LogP) is 2.60. The number of pyridine rings is 1. The van der Waals surface area contributed by atoms with Crippen LogP contribution in [0.3, 0.4) is 0 Å². The van der Waals surface area contributed by atoms with Crippen LogP contribution in [-0.2, 0) is 21.3 Å². The summed E-state index contributed by atoms with van der Waals surface area (Å²) >= 11 is 3.02. The van der Waals surface area contributed by atoms with Crippen molar-refractivity contribution in [2.45, 2.75) is 18.1 Å². The lowest BCUT2D eigenvalue weighted by atomic mass is 10.1. The molecule has 0 spiro atoms. The van der Waals surface area contributed by atoms with E-state index in [1.807, 2.05) is 0 Å². The van der Waals surface area contributed by atoms with E-state index in [-0.39, 0.29) is 28.9 Å². The molecule has 0 amide bonds. The van der Waals surface area contributed by atoms with E-state index >= 15 is 0 Å². The molecule has 0 unspecified atom stereocenters. The minimum atomic E-state index is -4.89. The van der Waals surface area contributed by atoms with Gasteiger partial charge in [-0.2, -0.15) is 0 Å². The molecule has 1 heterocycles. The van der Waals surface area contributed by atoms with E-state index in [0.29, 0.717) is 0 Å². The summed E-state index contributed by atoms with van der Waals surface area (Å²) in [6.45, 7) is 0. The highest BCUT2D eigenvalue weighted by Gasteiger charge is 2.34. The maximum atomic E-state index is 12.4. The van der Waals surface area contributed by atoms with Crippen LogP contribution in [0.1, 0.15) is 11.3 Å². The number of halogens is 4. The lowest BCUT2D eigenvalue weighted by Crippen LogP contribution is -2.20. The Bertz CT molecular complexity index is 493. The zero-order valence-corrected chi connectivity index (χ0v) is 12.2. The van der Waals surface area contributed by atoms with Gasteiger partial charge in [0.15, 0.2) is 5.75 Å².